The summed E-state index contributed by atoms with van der Waals surface area (Å²) < 4.78 is 5.48. The van der Waals surface area contributed by atoms with Gasteiger partial charge in [0.05, 0.1) is 7.11 Å². The molecule has 1 aromatic carbocycles. The van der Waals surface area contributed by atoms with Crippen LogP contribution in [0.25, 0.3) is 0 Å². The van der Waals surface area contributed by atoms with E-state index in [1.165, 1.54) is 18.4 Å². The Morgan fingerprint density at radius 3 is 2.55 bits per heavy atom. The van der Waals surface area contributed by atoms with Crippen molar-refractivity contribution in [1.29, 1.82) is 0 Å². The summed E-state index contributed by atoms with van der Waals surface area (Å²) in [6.45, 7) is 7.63. The number of methoxy groups -OCH3 is 1. The van der Waals surface area contributed by atoms with Crippen molar-refractivity contribution < 1.29 is 4.74 Å². The highest BCUT2D eigenvalue weighted by molar-refractivity contribution is 5.34. The van der Waals surface area contributed by atoms with Crippen LogP contribution in [0.4, 0.5) is 0 Å². The fourth-order valence-corrected chi connectivity index (χ4v) is 3.12. The Hall–Kier alpha value is -1.06. The average Bonchev–Trinajstić information content (AvgIpc) is 2.48. The van der Waals surface area contributed by atoms with Crippen LogP contribution in [0, 0.1) is 5.92 Å². The molecule has 2 rings (SSSR count). The molecule has 1 aliphatic rings. The van der Waals surface area contributed by atoms with Gasteiger partial charge >= 0.3 is 0 Å². The molecule has 20 heavy (non-hydrogen) atoms. The van der Waals surface area contributed by atoms with Gasteiger partial charge in [-0.2, -0.15) is 0 Å². The number of benzene rings is 1. The Morgan fingerprint density at radius 1 is 1.30 bits per heavy atom. The van der Waals surface area contributed by atoms with E-state index in [4.69, 9.17) is 10.5 Å². The van der Waals surface area contributed by atoms with E-state index in [0.717, 1.165) is 31.2 Å². The normalized spacial score (nSPS) is 20.6. The van der Waals surface area contributed by atoms with E-state index in [0.29, 0.717) is 6.54 Å². The lowest BCUT2D eigenvalue weighted by Gasteiger charge is -2.44. The number of hydrogen-bond donors (Lipinski definition) is 1. The van der Waals surface area contributed by atoms with Gasteiger partial charge in [-0.15, -0.1) is 0 Å². The zero-order valence-corrected chi connectivity index (χ0v) is 13.1. The first-order valence-corrected chi connectivity index (χ1v) is 7.66. The number of nitrogens with two attached hydrogens (primary N) is 1. The maximum atomic E-state index is 6.13. The van der Waals surface area contributed by atoms with Gasteiger partial charge in [-0.05, 0) is 56.8 Å². The highest BCUT2D eigenvalue weighted by Gasteiger charge is 2.33. The number of ether oxygens (including phenoxy) is 1. The second kappa shape index (κ2) is 6.59. The second-order valence-corrected chi connectivity index (χ2v) is 6.36. The lowest BCUT2D eigenvalue weighted by molar-refractivity contribution is 0.0704. The van der Waals surface area contributed by atoms with Crippen LogP contribution in [-0.4, -0.2) is 37.2 Å². The van der Waals surface area contributed by atoms with Crippen molar-refractivity contribution in [3.63, 3.8) is 0 Å². The number of piperidine rings is 1. The lowest BCUT2D eigenvalue weighted by atomic mass is 9.87. The zero-order valence-electron chi connectivity index (χ0n) is 13.1. The number of para-hydroxylation sites is 1. The monoisotopic (exact) mass is 276 g/mol. The van der Waals surface area contributed by atoms with E-state index in [2.05, 4.69) is 30.9 Å². The van der Waals surface area contributed by atoms with Gasteiger partial charge in [0, 0.05) is 12.1 Å². The van der Waals surface area contributed by atoms with Gasteiger partial charge in [0.15, 0.2) is 0 Å². The van der Waals surface area contributed by atoms with Crippen molar-refractivity contribution in [3.05, 3.63) is 29.8 Å². The molecule has 0 radical (unpaired) electrons. The van der Waals surface area contributed by atoms with E-state index in [-0.39, 0.29) is 5.54 Å². The fraction of sp³-hybridized carbons (Fsp3) is 0.647. The molecular formula is C17H28N2O. The molecule has 0 aliphatic carbocycles. The maximum absolute atomic E-state index is 6.13. The number of likely N-dealkylation sites (tertiary alicyclic amines) is 1. The fourth-order valence-electron chi connectivity index (χ4n) is 3.12. The predicted molar refractivity (Wildman–Crippen MR) is 84.1 cm³/mol. The van der Waals surface area contributed by atoms with Crippen LogP contribution in [-0.2, 0) is 6.42 Å². The Bertz CT molecular complexity index is 427. The number of hydrogen-bond acceptors (Lipinski definition) is 3. The highest BCUT2D eigenvalue weighted by atomic mass is 16.5. The molecule has 1 atom stereocenters. The van der Waals surface area contributed by atoms with Gasteiger partial charge < -0.3 is 10.5 Å². The van der Waals surface area contributed by atoms with Gasteiger partial charge in [-0.3, -0.25) is 4.90 Å². The van der Waals surface area contributed by atoms with Gasteiger partial charge in [-0.1, -0.05) is 25.1 Å². The largest absolute Gasteiger partial charge is 0.496 e. The molecule has 112 valence electrons. The van der Waals surface area contributed by atoms with Gasteiger partial charge in [0.25, 0.3) is 0 Å². The molecule has 0 amide bonds. The molecule has 0 saturated carbocycles. The minimum absolute atomic E-state index is 0.0226. The summed E-state index contributed by atoms with van der Waals surface area (Å²) in [6, 6.07) is 8.28. The SMILES string of the molecule is COc1ccccc1CC(C)(CN)N1CCC(C)CC1. The van der Waals surface area contributed by atoms with E-state index in [9.17, 15) is 0 Å². The molecule has 1 aliphatic heterocycles. The lowest BCUT2D eigenvalue weighted by Crippen LogP contribution is -2.55. The molecule has 1 aromatic rings. The third-order valence-electron chi connectivity index (χ3n) is 4.75. The third-order valence-corrected chi connectivity index (χ3v) is 4.75. The van der Waals surface area contributed by atoms with Gasteiger partial charge in [-0.25, -0.2) is 0 Å². The molecule has 0 bridgehead atoms. The zero-order chi connectivity index (χ0) is 14.6. The van der Waals surface area contributed by atoms with E-state index in [1.54, 1.807) is 7.11 Å². The summed E-state index contributed by atoms with van der Waals surface area (Å²) in [4.78, 5) is 2.57. The molecule has 0 spiro atoms. The first-order chi connectivity index (χ1) is 9.59. The van der Waals surface area contributed by atoms with Crippen LogP contribution >= 0.6 is 0 Å². The standard InChI is InChI=1S/C17H28N2O/c1-14-8-10-19(11-9-14)17(2,13-18)12-15-6-4-5-7-16(15)20-3/h4-7,14H,8-13,18H2,1-3H3. The van der Waals surface area contributed by atoms with Gasteiger partial charge in [0.2, 0.25) is 0 Å². The topological polar surface area (TPSA) is 38.5 Å². The Balaban J connectivity index is 2.14. The smallest absolute Gasteiger partial charge is 0.122 e. The highest BCUT2D eigenvalue weighted by Crippen LogP contribution is 2.29. The van der Waals surface area contributed by atoms with E-state index < -0.39 is 0 Å². The molecule has 2 N–H and O–H groups in total. The van der Waals surface area contributed by atoms with Crippen LogP contribution < -0.4 is 10.5 Å². The summed E-state index contributed by atoms with van der Waals surface area (Å²) in [7, 11) is 1.74. The van der Waals surface area contributed by atoms with Crippen molar-refractivity contribution in [3.8, 4) is 5.75 Å². The molecule has 1 heterocycles. The molecule has 3 nitrogen and oxygen atoms in total. The van der Waals surface area contributed by atoms with E-state index >= 15 is 0 Å². The summed E-state index contributed by atoms with van der Waals surface area (Å²) >= 11 is 0. The second-order valence-electron chi connectivity index (χ2n) is 6.36. The van der Waals surface area contributed by atoms with Crippen LogP contribution in [0.5, 0.6) is 5.75 Å². The van der Waals surface area contributed by atoms with Crippen molar-refractivity contribution >= 4 is 0 Å². The van der Waals surface area contributed by atoms with Crippen molar-refractivity contribution in [2.45, 2.75) is 38.6 Å². The summed E-state index contributed by atoms with van der Waals surface area (Å²) in [6.07, 6.45) is 3.50. The van der Waals surface area contributed by atoms with Crippen LogP contribution in [0.3, 0.4) is 0 Å². The molecule has 1 unspecified atom stereocenters. The molecule has 1 saturated heterocycles. The Morgan fingerprint density at radius 2 is 1.95 bits per heavy atom. The van der Waals surface area contributed by atoms with Crippen molar-refractivity contribution in [2.75, 3.05) is 26.7 Å². The molecule has 0 aromatic heterocycles. The van der Waals surface area contributed by atoms with Crippen LogP contribution in [0.1, 0.15) is 32.3 Å². The molecule has 3 heteroatoms. The summed E-state index contributed by atoms with van der Waals surface area (Å²) in [5.74, 6) is 1.82. The first-order valence-electron chi connectivity index (χ1n) is 7.66. The Kier molecular flexibility index (Phi) is 5.06. The molecular weight excluding hydrogens is 248 g/mol. The van der Waals surface area contributed by atoms with Crippen molar-refractivity contribution in [1.82, 2.24) is 4.90 Å². The summed E-state index contributed by atoms with van der Waals surface area (Å²) in [5, 5.41) is 0. The van der Waals surface area contributed by atoms with Crippen LogP contribution in [0.2, 0.25) is 0 Å². The maximum Gasteiger partial charge on any atom is 0.122 e. The average molecular weight is 276 g/mol. The van der Waals surface area contributed by atoms with Gasteiger partial charge in [0.1, 0.15) is 5.75 Å². The number of rotatable bonds is 5. The minimum Gasteiger partial charge on any atom is -0.496 e. The van der Waals surface area contributed by atoms with Crippen LogP contribution in [0.15, 0.2) is 24.3 Å². The van der Waals surface area contributed by atoms with E-state index in [1.807, 2.05) is 12.1 Å². The number of nitrogens with zero attached hydrogens (tertiary/aromatic N) is 1. The third kappa shape index (κ3) is 3.33. The summed E-state index contributed by atoms with van der Waals surface area (Å²) in [5.41, 5.74) is 7.40. The molecule has 1 fully saturated rings. The Labute approximate surface area is 123 Å². The minimum atomic E-state index is 0.0226. The predicted octanol–water partition coefficient (Wildman–Crippen LogP) is 2.69. The first kappa shape index (κ1) is 15.3. The van der Waals surface area contributed by atoms with Crippen molar-refractivity contribution in [2.24, 2.45) is 11.7 Å². The quantitative estimate of drug-likeness (QED) is 0.898.